The number of benzene rings is 1. The summed E-state index contributed by atoms with van der Waals surface area (Å²) >= 11 is 0. The molecule has 0 saturated carbocycles. The zero-order valence-corrected chi connectivity index (χ0v) is 12.3. The van der Waals surface area contributed by atoms with Gasteiger partial charge in [-0.1, -0.05) is 30.3 Å². The molecule has 0 bridgehead atoms. The summed E-state index contributed by atoms with van der Waals surface area (Å²) in [6.45, 7) is 3.04. The van der Waals surface area contributed by atoms with Crippen LogP contribution < -0.4 is 5.73 Å². The Morgan fingerprint density at radius 1 is 1.33 bits per heavy atom. The Hall–Kier alpha value is -1.43. The zero-order valence-electron chi connectivity index (χ0n) is 12.3. The molecule has 0 spiro atoms. The molecule has 21 heavy (non-hydrogen) atoms. The molecule has 1 saturated heterocycles. The van der Waals surface area contributed by atoms with Crippen molar-refractivity contribution in [1.82, 2.24) is 4.90 Å². The lowest BCUT2D eigenvalue weighted by Crippen LogP contribution is -2.42. The summed E-state index contributed by atoms with van der Waals surface area (Å²) in [5, 5.41) is 10.00. The number of piperidine rings is 1. The summed E-state index contributed by atoms with van der Waals surface area (Å²) in [5.41, 5.74) is 6.41. The van der Waals surface area contributed by atoms with Gasteiger partial charge in [-0.05, 0) is 31.5 Å². The van der Waals surface area contributed by atoms with Gasteiger partial charge in [0.15, 0.2) is 0 Å². The molecule has 1 atom stereocenters. The van der Waals surface area contributed by atoms with E-state index < -0.39 is 6.10 Å². The largest absolute Gasteiger partial charge is 0.389 e. The molecule has 1 heterocycles. The van der Waals surface area contributed by atoms with Gasteiger partial charge in [0, 0.05) is 12.5 Å². The van der Waals surface area contributed by atoms with Crippen LogP contribution in [0.5, 0.6) is 0 Å². The van der Waals surface area contributed by atoms with Crippen LogP contribution in [-0.2, 0) is 16.1 Å². The maximum absolute atomic E-state index is 11.1. The van der Waals surface area contributed by atoms with Gasteiger partial charge in [-0.2, -0.15) is 0 Å². The van der Waals surface area contributed by atoms with Crippen molar-refractivity contribution in [2.75, 3.05) is 26.2 Å². The molecule has 1 fully saturated rings. The lowest BCUT2D eigenvalue weighted by molar-refractivity contribution is -0.123. The number of aliphatic hydroxyl groups excluding tert-OH is 1. The van der Waals surface area contributed by atoms with Crippen LogP contribution in [0, 0.1) is 5.92 Å². The SMILES string of the molecule is NC(=O)C1CCN(C[C@@H](O)COCc2ccccc2)CC1. The Labute approximate surface area is 125 Å². The molecule has 0 unspecified atom stereocenters. The number of primary amides is 1. The summed E-state index contributed by atoms with van der Waals surface area (Å²) in [5.74, 6) is -0.214. The number of aliphatic hydroxyl groups is 1. The summed E-state index contributed by atoms with van der Waals surface area (Å²) in [6, 6.07) is 9.91. The van der Waals surface area contributed by atoms with Crippen LogP contribution in [0.2, 0.25) is 0 Å². The molecule has 1 aromatic carbocycles. The number of ether oxygens (including phenoxy) is 1. The highest BCUT2D eigenvalue weighted by Crippen LogP contribution is 2.16. The van der Waals surface area contributed by atoms with Crippen LogP contribution in [0.4, 0.5) is 0 Å². The van der Waals surface area contributed by atoms with Crippen LogP contribution in [0.15, 0.2) is 30.3 Å². The van der Waals surface area contributed by atoms with Crippen molar-refractivity contribution in [2.24, 2.45) is 11.7 Å². The van der Waals surface area contributed by atoms with Crippen molar-refractivity contribution >= 4 is 5.91 Å². The van der Waals surface area contributed by atoms with Crippen molar-refractivity contribution < 1.29 is 14.6 Å². The van der Waals surface area contributed by atoms with E-state index in [4.69, 9.17) is 10.5 Å². The fourth-order valence-corrected chi connectivity index (χ4v) is 2.64. The van der Waals surface area contributed by atoms with Gasteiger partial charge in [-0.25, -0.2) is 0 Å². The molecule has 5 heteroatoms. The monoisotopic (exact) mass is 292 g/mol. The normalized spacial score (nSPS) is 18.5. The van der Waals surface area contributed by atoms with E-state index in [1.807, 2.05) is 30.3 Å². The molecule has 0 aromatic heterocycles. The molecular formula is C16H24N2O3. The Morgan fingerprint density at radius 3 is 2.62 bits per heavy atom. The number of hydrogen-bond acceptors (Lipinski definition) is 4. The highest BCUT2D eigenvalue weighted by molar-refractivity contribution is 5.76. The first-order valence-electron chi connectivity index (χ1n) is 7.46. The minimum atomic E-state index is -0.501. The van der Waals surface area contributed by atoms with Crippen LogP contribution in [-0.4, -0.2) is 48.3 Å². The van der Waals surface area contributed by atoms with E-state index in [2.05, 4.69) is 4.90 Å². The van der Waals surface area contributed by atoms with Gasteiger partial charge in [0.1, 0.15) is 0 Å². The quantitative estimate of drug-likeness (QED) is 0.778. The number of rotatable bonds is 7. The minimum Gasteiger partial charge on any atom is -0.389 e. The van der Waals surface area contributed by atoms with Crippen molar-refractivity contribution in [3.8, 4) is 0 Å². The Morgan fingerprint density at radius 2 is 2.00 bits per heavy atom. The fraction of sp³-hybridized carbons (Fsp3) is 0.562. The number of likely N-dealkylation sites (tertiary alicyclic amines) is 1. The lowest BCUT2D eigenvalue weighted by Gasteiger charge is -2.31. The van der Waals surface area contributed by atoms with Crippen molar-refractivity contribution in [3.05, 3.63) is 35.9 Å². The number of nitrogens with two attached hydrogens (primary N) is 1. The molecule has 0 aliphatic carbocycles. The molecule has 116 valence electrons. The molecule has 1 aromatic rings. The first kappa shape index (κ1) is 15.9. The predicted octanol–water partition coefficient (Wildman–Crippen LogP) is 0.761. The lowest BCUT2D eigenvalue weighted by atomic mass is 9.96. The van der Waals surface area contributed by atoms with Gasteiger partial charge in [-0.3, -0.25) is 4.79 Å². The highest BCUT2D eigenvalue weighted by Gasteiger charge is 2.24. The Balaban J connectivity index is 1.62. The topological polar surface area (TPSA) is 75.8 Å². The van der Waals surface area contributed by atoms with Crippen molar-refractivity contribution in [1.29, 1.82) is 0 Å². The van der Waals surface area contributed by atoms with Gasteiger partial charge in [0.2, 0.25) is 5.91 Å². The maximum atomic E-state index is 11.1. The Kier molecular flexibility index (Phi) is 6.17. The van der Waals surface area contributed by atoms with Crippen LogP contribution >= 0.6 is 0 Å². The highest BCUT2D eigenvalue weighted by atomic mass is 16.5. The van der Waals surface area contributed by atoms with Gasteiger partial charge in [-0.15, -0.1) is 0 Å². The first-order valence-corrected chi connectivity index (χ1v) is 7.46. The standard InChI is InChI=1S/C16H24N2O3/c17-16(20)14-6-8-18(9-7-14)10-15(19)12-21-11-13-4-2-1-3-5-13/h1-5,14-15,19H,6-12H2,(H2,17,20)/t15-/m1/s1. The third-order valence-electron chi connectivity index (χ3n) is 3.88. The van der Waals surface area contributed by atoms with Crippen LogP contribution in [0.1, 0.15) is 18.4 Å². The molecule has 1 aliphatic heterocycles. The van der Waals surface area contributed by atoms with E-state index in [-0.39, 0.29) is 11.8 Å². The van der Waals surface area contributed by atoms with Gasteiger partial charge in [0.05, 0.1) is 19.3 Å². The molecule has 3 N–H and O–H groups in total. The Bertz CT molecular complexity index is 430. The number of carbonyl (C=O) groups excluding carboxylic acids is 1. The smallest absolute Gasteiger partial charge is 0.220 e. The zero-order chi connectivity index (χ0) is 15.1. The van der Waals surface area contributed by atoms with Crippen molar-refractivity contribution in [2.45, 2.75) is 25.6 Å². The van der Waals surface area contributed by atoms with E-state index in [0.29, 0.717) is 19.8 Å². The second-order valence-corrected chi connectivity index (χ2v) is 5.63. The first-order chi connectivity index (χ1) is 10.1. The van der Waals surface area contributed by atoms with Crippen molar-refractivity contribution in [3.63, 3.8) is 0 Å². The second kappa shape index (κ2) is 8.12. The number of nitrogens with zero attached hydrogens (tertiary/aromatic N) is 1. The number of hydrogen-bond donors (Lipinski definition) is 2. The second-order valence-electron chi connectivity index (χ2n) is 5.63. The molecule has 5 nitrogen and oxygen atoms in total. The van der Waals surface area contributed by atoms with Gasteiger partial charge in [0.25, 0.3) is 0 Å². The van der Waals surface area contributed by atoms with E-state index in [9.17, 15) is 9.90 Å². The van der Waals surface area contributed by atoms with E-state index >= 15 is 0 Å². The summed E-state index contributed by atoms with van der Waals surface area (Å²) in [7, 11) is 0. The predicted molar refractivity (Wildman–Crippen MR) is 80.5 cm³/mol. The van der Waals surface area contributed by atoms with Gasteiger partial charge < -0.3 is 20.5 Å². The molecule has 1 amide bonds. The summed E-state index contributed by atoms with van der Waals surface area (Å²) < 4.78 is 5.53. The maximum Gasteiger partial charge on any atom is 0.220 e. The summed E-state index contributed by atoms with van der Waals surface area (Å²) in [4.78, 5) is 13.3. The van der Waals surface area contributed by atoms with Crippen LogP contribution in [0.25, 0.3) is 0 Å². The fourth-order valence-electron chi connectivity index (χ4n) is 2.64. The number of β-amino-alcohol motifs (C(OH)–C–C–N with tert-alkyl or cyclic N) is 1. The van der Waals surface area contributed by atoms with Crippen LogP contribution in [0.3, 0.4) is 0 Å². The summed E-state index contributed by atoms with van der Waals surface area (Å²) in [6.07, 6.45) is 1.07. The molecule has 2 rings (SSSR count). The number of carbonyl (C=O) groups is 1. The average molecular weight is 292 g/mol. The van der Waals surface area contributed by atoms with E-state index in [1.165, 1.54) is 0 Å². The third kappa shape index (κ3) is 5.46. The minimum absolute atomic E-state index is 0.00674. The number of amides is 1. The average Bonchev–Trinajstić information content (AvgIpc) is 2.49. The van der Waals surface area contributed by atoms with E-state index in [1.54, 1.807) is 0 Å². The molecule has 1 aliphatic rings. The molecular weight excluding hydrogens is 268 g/mol. The van der Waals surface area contributed by atoms with E-state index in [0.717, 1.165) is 31.5 Å². The molecule has 0 radical (unpaired) electrons. The third-order valence-corrected chi connectivity index (χ3v) is 3.88. The van der Waals surface area contributed by atoms with Gasteiger partial charge >= 0.3 is 0 Å².